The lowest BCUT2D eigenvalue weighted by atomic mass is 9.96. The highest BCUT2D eigenvalue weighted by Gasteiger charge is 2.35. The molecule has 1 amide bonds. The topological polar surface area (TPSA) is 69.4 Å². The molecule has 0 radical (unpaired) electrons. The van der Waals surface area contributed by atoms with Crippen molar-refractivity contribution in [3.05, 3.63) is 51.7 Å². The van der Waals surface area contributed by atoms with E-state index >= 15 is 0 Å². The molecule has 0 spiro atoms. The maximum absolute atomic E-state index is 14.1. The molecule has 0 N–H and O–H groups in total. The number of aromatic nitrogens is 3. The Hall–Kier alpha value is -2.55. The maximum atomic E-state index is 14.1. The van der Waals surface area contributed by atoms with E-state index in [2.05, 4.69) is 5.10 Å². The molecule has 29 heavy (non-hydrogen) atoms. The minimum Gasteiger partial charge on any atom is -0.383 e. The predicted octanol–water partition coefficient (Wildman–Crippen LogP) is 2.32. The molecule has 1 aliphatic heterocycles. The average Bonchev–Trinajstić information content (AvgIpc) is 3.49. The number of hydrogen-bond donors (Lipinski definition) is 0. The van der Waals surface area contributed by atoms with Crippen LogP contribution in [0.1, 0.15) is 53.8 Å². The van der Waals surface area contributed by atoms with Gasteiger partial charge in [-0.2, -0.15) is 5.10 Å². The third kappa shape index (κ3) is 3.96. The van der Waals surface area contributed by atoms with Crippen LogP contribution in [0.3, 0.4) is 0 Å². The van der Waals surface area contributed by atoms with Crippen LogP contribution >= 0.6 is 0 Å². The zero-order valence-corrected chi connectivity index (χ0v) is 16.3. The monoisotopic (exact) mass is 406 g/mol. The number of piperidine rings is 1. The summed E-state index contributed by atoms with van der Waals surface area (Å²) in [5.41, 5.74) is -0.287. The fourth-order valence-electron chi connectivity index (χ4n) is 3.92. The number of carbonyl (C=O) groups is 1. The first-order valence-corrected chi connectivity index (χ1v) is 9.92. The Bertz CT molecular complexity index is 967. The molecule has 7 nitrogen and oxygen atoms in total. The van der Waals surface area contributed by atoms with E-state index in [1.54, 1.807) is 16.6 Å². The predicted molar refractivity (Wildman–Crippen MR) is 101 cm³/mol. The van der Waals surface area contributed by atoms with E-state index in [0.29, 0.717) is 32.1 Å². The highest BCUT2D eigenvalue weighted by Crippen LogP contribution is 2.37. The van der Waals surface area contributed by atoms with Crippen molar-refractivity contribution in [3.8, 4) is 0 Å². The number of hydrogen-bond acceptors (Lipinski definition) is 4. The van der Waals surface area contributed by atoms with Crippen LogP contribution < -0.4 is 5.69 Å². The molecule has 0 bridgehead atoms. The summed E-state index contributed by atoms with van der Waals surface area (Å²) in [6, 6.07) is 3.14. The van der Waals surface area contributed by atoms with Crippen molar-refractivity contribution < 1.29 is 18.3 Å². The molecule has 9 heteroatoms. The van der Waals surface area contributed by atoms with Crippen molar-refractivity contribution in [2.45, 2.75) is 44.2 Å². The average molecular weight is 406 g/mol. The number of halogens is 2. The van der Waals surface area contributed by atoms with Crippen LogP contribution in [0.25, 0.3) is 0 Å². The van der Waals surface area contributed by atoms with Crippen LogP contribution in [0, 0.1) is 11.6 Å². The summed E-state index contributed by atoms with van der Waals surface area (Å²) in [6.45, 7) is 1.60. The minimum absolute atomic E-state index is 0.103. The lowest BCUT2D eigenvalue weighted by molar-refractivity contribution is 0.0698. The highest BCUT2D eigenvalue weighted by molar-refractivity contribution is 5.94. The number of nitrogens with zero attached hydrogens (tertiary/aromatic N) is 4. The van der Waals surface area contributed by atoms with E-state index in [0.717, 1.165) is 37.8 Å². The molecule has 1 saturated carbocycles. The van der Waals surface area contributed by atoms with Crippen LogP contribution in [-0.2, 0) is 11.3 Å². The molecule has 2 aliphatic rings. The molecule has 2 aromatic rings. The third-order valence-electron chi connectivity index (χ3n) is 5.55. The van der Waals surface area contributed by atoms with Gasteiger partial charge in [0.1, 0.15) is 17.5 Å². The van der Waals surface area contributed by atoms with Gasteiger partial charge in [0, 0.05) is 38.2 Å². The van der Waals surface area contributed by atoms with Gasteiger partial charge in [-0.3, -0.25) is 9.36 Å². The number of rotatable bonds is 6. The van der Waals surface area contributed by atoms with Crippen LogP contribution in [0.2, 0.25) is 0 Å². The molecule has 1 aromatic carbocycles. The molecule has 2 fully saturated rings. The van der Waals surface area contributed by atoms with Gasteiger partial charge in [-0.1, -0.05) is 0 Å². The number of carbonyl (C=O) groups excluding carboxylic acids is 1. The fraction of sp³-hybridized carbons (Fsp3) is 0.550. The van der Waals surface area contributed by atoms with E-state index in [1.165, 1.54) is 10.7 Å². The van der Waals surface area contributed by atoms with Gasteiger partial charge in [-0.05, 0) is 37.8 Å². The normalized spacial score (nSPS) is 19.6. The number of likely N-dealkylation sites (tertiary alicyclic amines) is 1. The van der Waals surface area contributed by atoms with E-state index in [1.807, 2.05) is 0 Å². The zero-order valence-electron chi connectivity index (χ0n) is 16.3. The SMILES string of the molecule is COCCn1nc(C2CCCN(C(=O)c3ccc(F)cc3F)C2)n(C2CC2)c1=O. The van der Waals surface area contributed by atoms with E-state index in [4.69, 9.17) is 4.74 Å². The van der Waals surface area contributed by atoms with Crippen molar-refractivity contribution >= 4 is 5.91 Å². The second kappa shape index (κ2) is 8.06. The van der Waals surface area contributed by atoms with Gasteiger partial charge in [0.15, 0.2) is 0 Å². The van der Waals surface area contributed by atoms with Gasteiger partial charge in [-0.25, -0.2) is 18.3 Å². The van der Waals surface area contributed by atoms with Crippen molar-refractivity contribution in [2.75, 3.05) is 26.8 Å². The molecule has 4 rings (SSSR count). The molecule has 1 saturated heterocycles. The van der Waals surface area contributed by atoms with Crippen LogP contribution in [0.5, 0.6) is 0 Å². The lowest BCUT2D eigenvalue weighted by Gasteiger charge is -2.32. The number of ether oxygens (including phenoxy) is 1. The summed E-state index contributed by atoms with van der Waals surface area (Å²) in [6.07, 6.45) is 3.41. The Morgan fingerprint density at radius 2 is 2.07 bits per heavy atom. The molecule has 1 unspecified atom stereocenters. The first-order chi connectivity index (χ1) is 14.0. The molecule has 1 atom stereocenters. The smallest absolute Gasteiger partial charge is 0.346 e. The summed E-state index contributed by atoms with van der Waals surface area (Å²) in [5.74, 6) is -1.47. The second-order valence-corrected chi connectivity index (χ2v) is 7.67. The lowest BCUT2D eigenvalue weighted by Crippen LogP contribution is -2.40. The third-order valence-corrected chi connectivity index (χ3v) is 5.55. The van der Waals surface area contributed by atoms with E-state index < -0.39 is 17.5 Å². The van der Waals surface area contributed by atoms with Crippen LogP contribution in [-0.4, -0.2) is 52.0 Å². The Labute approximate surface area is 166 Å². The Morgan fingerprint density at radius 1 is 1.28 bits per heavy atom. The Balaban J connectivity index is 1.58. The van der Waals surface area contributed by atoms with Gasteiger partial charge < -0.3 is 9.64 Å². The molecule has 1 aliphatic carbocycles. The Morgan fingerprint density at radius 3 is 2.76 bits per heavy atom. The van der Waals surface area contributed by atoms with E-state index in [9.17, 15) is 18.4 Å². The number of methoxy groups -OCH3 is 1. The van der Waals surface area contributed by atoms with Crippen molar-refractivity contribution in [2.24, 2.45) is 0 Å². The number of benzene rings is 1. The van der Waals surface area contributed by atoms with Crippen LogP contribution in [0.15, 0.2) is 23.0 Å². The van der Waals surface area contributed by atoms with Gasteiger partial charge in [0.25, 0.3) is 5.91 Å². The van der Waals surface area contributed by atoms with Crippen molar-refractivity contribution in [1.29, 1.82) is 0 Å². The molecule has 1 aromatic heterocycles. The first kappa shape index (κ1) is 19.8. The van der Waals surface area contributed by atoms with Gasteiger partial charge >= 0.3 is 5.69 Å². The first-order valence-electron chi connectivity index (χ1n) is 9.92. The van der Waals surface area contributed by atoms with Crippen LogP contribution in [0.4, 0.5) is 8.78 Å². The van der Waals surface area contributed by atoms with E-state index in [-0.39, 0.29) is 23.2 Å². The second-order valence-electron chi connectivity index (χ2n) is 7.67. The number of amides is 1. The van der Waals surface area contributed by atoms with Crippen molar-refractivity contribution in [1.82, 2.24) is 19.2 Å². The highest BCUT2D eigenvalue weighted by atomic mass is 19.1. The van der Waals surface area contributed by atoms with Crippen molar-refractivity contribution in [3.63, 3.8) is 0 Å². The standard InChI is InChI=1S/C20H24F2N4O3/c1-29-10-9-25-20(28)26(15-5-6-15)18(23-25)13-3-2-8-24(12-13)19(27)16-7-4-14(21)11-17(16)22/h4,7,11,13,15H,2-3,5-6,8-10,12H2,1H3. The quantitative estimate of drug-likeness (QED) is 0.738. The largest absolute Gasteiger partial charge is 0.383 e. The summed E-state index contributed by atoms with van der Waals surface area (Å²) >= 11 is 0. The summed E-state index contributed by atoms with van der Waals surface area (Å²) < 4.78 is 35.5. The molecule has 2 heterocycles. The van der Waals surface area contributed by atoms with Gasteiger partial charge in [-0.15, -0.1) is 0 Å². The Kier molecular flexibility index (Phi) is 5.49. The molecule has 156 valence electrons. The maximum Gasteiger partial charge on any atom is 0.346 e. The summed E-state index contributed by atoms with van der Waals surface area (Å²) in [7, 11) is 1.57. The summed E-state index contributed by atoms with van der Waals surface area (Å²) in [5, 5.41) is 4.55. The summed E-state index contributed by atoms with van der Waals surface area (Å²) in [4.78, 5) is 27.2. The molecular weight excluding hydrogens is 382 g/mol. The molecular formula is C20H24F2N4O3. The van der Waals surface area contributed by atoms with Gasteiger partial charge in [0.2, 0.25) is 0 Å². The fourth-order valence-corrected chi connectivity index (χ4v) is 3.92. The van der Waals surface area contributed by atoms with Gasteiger partial charge in [0.05, 0.1) is 18.7 Å². The zero-order chi connectivity index (χ0) is 20.5. The minimum atomic E-state index is -0.865.